The molecule has 0 bridgehead atoms. The van der Waals surface area contributed by atoms with E-state index >= 15 is 0 Å². The average molecular weight is 319 g/mol. The highest BCUT2D eigenvalue weighted by atomic mass is 16.5. The van der Waals surface area contributed by atoms with Crippen LogP contribution < -0.4 is 9.64 Å². The molecule has 2 aromatic heterocycles. The second kappa shape index (κ2) is 7.43. The van der Waals surface area contributed by atoms with E-state index in [4.69, 9.17) is 10.00 Å². The van der Waals surface area contributed by atoms with Gasteiger partial charge in [-0.3, -0.25) is 0 Å². The summed E-state index contributed by atoms with van der Waals surface area (Å²) in [6.07, 6.45) is 5.38. The summed E-state index contributed by atoms with van der Waals surface area (Å²) in [5.41, 5.74) is 1.14. The van der Waals surface area contributed by atoms with Crippen LogP contribution in [0.15, 0.2) is 36.7 Å². The van der Waals surface area contributed by atoms with Crippen LogP contribution in [0, 0.1) is 28.6 Å². The van der Waals surface area contributed by atoms with Crippen molar-refractivity contribution in [2.45, 2.75) is 12.8 Å². The summed E-state index contributed by atoms with van der Waals surface area (Å²) in [6, 6.07) is 11.1. The molecule has 1 aliphatic rings. The highest BCUT2D eigenvalue weighted by molar-refractivity contribution is 5.53. The second-order valence-corrected chi connectivity index (χ2v) is 5.75. The van der Waals surface area contributed by atoms with Crippen LogP contribution in [-0.4, -0.2) is 29.7 Å². The van der Waals surface area contributed by atoms with Crippen LogP contribution in [0.3, 0.4) is 0 Å². The Morgan fingerprint density at radius 1 is 1.21 bits per heavy atom. The van der Waals surface area contributed by atoms with Crippen molar-refractivity contribution < 1.29 is 4.74 Å². The van der Waals surface area contributed by atoms with Crippen molar-refractivity contribution in [1.82, 2.24) is 9.97 Å². The van der Waals surface area contributed by atoms with Gasteiger partial charge in [0.25, 0.3) is 0 Å². The number of anilines is 1. The number of hydrogen-bond acceptors (Lipinski definition) is 6. The Kier molecular flexibility index (Phi) is 4.88. The van der Waals surface area contributed by atoms with E-state index in [1.54, 1.807) is 36.7 Å². The second-order valence-electron chi connectivity index (χ2n) is 5.75. The molecule has 0 spiro atoms. The molecule has 1 atom stereocenters. The summed E-state index contributed by atoms with van der Waals surface area (Å²) in [5.74, 6) is 1.55. The molecule has 1 unspecified atom stereocenters. The quantitative estimate of drug-likeness (QED) is 0.860. The lowest BCUT2D eigenvalue weighted by Gasteiger charge is -2.33. The van der Waals surface area contributed by atoms with Crippen molar-refractivity contribution in [3.8, 4) is 18.0 Å². The molecule has 6 heteroatoms. The molecule has 120 valence electrons. The predicted octanol–water partition coefficient (Wildman–Crippen LogP) is 2.52. The van der Waals surface area contributed by atoms with E-state index in [2.05, 4.69) is 27.0 Å². The highest BCUT2D eigenvalue weighted by Crippen LogP contribution is 2.24. The summed E-state index contributed by atoms with van der Waals surface area (Å²) in [6.45, 7) is 2.22. The maximum atomic E-state index is 9.24. The largest absolute Gasteiger partial charge is 0.477 e. The zero-order valence-corrected chi connectivity index (χ0v) is 13.2. The van der Waals surface area contributed by atoms with Gasteiger partial charge in [0.2, 0.25) is 5.88 Å². The third-order valence-corrected chi connectivity index (χ3v) is 4.06. The monoisotopic (exact) mass is 319 g/mol. The maximum absolute atomic E-state index is 9.24. The molecule has 3 rings (SSSR count). The Labute approximate surface area is 141 Å². The molecule has 1 fully saturated rings. The Morgan fingerprint density at radius 3 is 2.96 bits per heavy atom. The van der Waals surface area contributed by atoms with E-state index in [1.165, 1.54) is 0 Å². The van der Waals surface area contributed by atoms with E-state index in [0.717, 1.165) is 31.7 Å². The summed E-state index contributed by atoms with van der Waals surface area (Å²) in [5, 5.41) is 18.2. The van der Waals surface area contributed by atoms with Crippen molar-refractivity contribution >= 4 is 5.82 Å². The molecule has 1 saturated heterocycles. The molecule has 0 saturated carbocycles. The standard InChI is InChI=1S/C18H17N5O/c19-10-14-5-7-21-17(9-14)24-13-15-3-2-8-23(12-15)18-16(11-20)4-1-6-22-18/h1,4-7,9,15H,2-3,8,12-13H2. The number of ether oxygens (including phenoxy) is 1. The topological polar surface area (TPSA) is 85.8 Å². The number of aromatic nitrogens is 2. The van der Waals surface area contributed by atoms with Gasteiger partial charge in [-0.25, -0.2) is 9.97 Å². The van der Waals surface area contributed by atoms with Crippen LogP contribution in [0.4, 0.5) is 5.82 Å². The molecular formula is C18H17N5O. The Hall–Kier alpha value is -3.12. The van der Waals surface area contributed by atoms with Crippen LogP contribution in [0.2, 0.25) is 0 Å². The minimum absolute atomic E-state index is 0.333. The fourth-order valence-electron chi connectivity index (χ4n) is 2.89. The summed E-state index contributed by atoms with van der Waals surface area (Å²) >= 11 is 0. The maximum Gasteiger partial charge on any atom is 0.214 e. The van der Waals surface area contributed by atoms with Crippen molar-refractivity contribution in [2.24, 2.45) is 5.92 Å². The number of piperidine rings is 1. The first-order valence-corrected chi connectivity index (χ1v) is 7.89. The van der Waals surface area contributed by atoms with E-state index in [-0.39, 0.29) is 0 Å². The summed E-state index contributed by atoms with van der Waals surface area (Å²) in [7, 11) is 0. The fourth-order valence-corrected chi connectivity index (χ4v) is 2.89. The van der Waals surface area contributed by atoms with E-state index in [1.807, 2.05) is 0 Å². The molecule has 3 heterocycles. The fraction of sp³-hybridized carbons (Fsp3) is 0.333. The van der Waals surface area contributed by atoms with Crippen molar-refractivity contribution in [1.29, 1.82) is 10.5 Å². The molecule has 0 radical (unpaired) electrons. The number of pyridine rings is 2. The van der Waals surface area contributed by atoms with Gasteiger partial charge in [-0.05, 0) is 31.0 Å². The molecule has 2 aromatic rings. The Bertz CT molecular complexity index is 792. The van der Waals surface area contributed by atoms with Gasteiger partial charge in [-0.15, -0.1) is 0 Å². The first kappa shape index (κ1) is 15.8. The highest BCUT2D eigenvalue weighted by Gasteiger charge is 2.23. The van der Waals surface area contributed by atoms with Crippen LogP contribution in [0.25, 0.3) is 0 Å². The number of rotatable bonds is 4. The first-order chi connectivity index (χ1) is 11.8. The van der Waals surface area contributed by atoms with Crippen LogP contribution in [0.5, 0.6) is 5.88 Å². The number of nitrogens with zero attached hydrogens (tertiary/aromatic N) is 5. The van der Waals surface area contributed by atoms with E-state index in [0.29, 0.717) is 29.5 Å². The predicted molar refractivity (Wildman–Crippen MR) is 88.3 cm³/mol. The molecule has 6 nitrogen and oxygen atoms in total. The Morgan fingerprint density at radius 2 is 2.12 bits per heavy atom. The van der Waals surface area contributed by atoms with Crippen molar-refractivity contribution in [3.63, 3.8) is 0 Å². The van der Waals surface area contributed by atoms with E-state index < -0.39 is 0 Å². The van der Waals surface area contributed by atoms with Gasteiger partial charge < -0.3 is 9.64 Å². The smallest absolute Gasteiger partial charge is 0.214 e. The van der Waals surface area contributed by atoms with Crippen molar-refractivity contribution in [2.75, 3.05) is 24.6 Å². The minimum Gasteiger partial charge on any atom is -0.477 e. The number of hydrogen-bond donors (Lipinski definition) is 0. The third kappa shape index (κ3) is 3.61. The van der Waals surface area contributed by atoms with Gasteiger partial charge in [0, 0.05) is 37.5 Å². The first-order valence-electron chi connectivity index (χ1n) is 7.89. The normalized spacial score (nSPS) is 16.9. The molecule has 0 aliphatic carbocycles. The van der Waals surface area contributed by atoms with Gasteiger partial charge in [0.1, 0.15) is 11.9 Å². The van der Waals surface area contributed by atoms with Gasteiger partial charge in [-0.1, -0.05) is 0 Å². The summed E-state index contributed by atoms with van der Waals surface area (Å²) < 4.78 is 5.75. The van der Waals surface area contributed by atoms with Crippen LogP contribution >= 0.6 is 0 Å². The Balaban J connectivity index is 1.64. The molecule has 0 aromatic carbocycles. The minimum atomic E-state index is 0.333. The molecule has 24 heavy (non-hydrogen) atoms. The van der Waals surface area contributed by atoms with Gasteiger partial charge in [0.15, 0.2) is 0 Å². The lowest BCUT2D eigenvalue weighted by Crippen LogP contribution is -2.38. The third-order valence-electron chi connectivity index (χ3n) is 4.06. The average Bonchev–Trinajstić information content (AvgIpc) is 2.66. The molecule has 0 N–H and O–H groups in total. The van der Waals surface area contributed by atoms with Crippen molar-refractivity contribution in [3.05, 3.63) is 47.8 Å². The van der Waals surface area contributed by atoms with Crippen LogP contribution in [-0.2, 0) is 0 Å². The summed E-state index contributed by atoms with van der Waals surface area (Å²) in [4.78, 5) is 10.6. The molecule has 1 aliphatic heterocycles. The van der Waals surface area contributed by atoms with Gasteiger partial charge in [-0.2, -0.15) is 10.5 Å². The van der Waals surface area contributed by atoms with Gasteiger partial charge >= 0.3 is 0 Å². The van der Waals surface area contributed by atoms with Gasteiger partial charge in [0.05, 0.1) is 23.8 Å². The molecule has 0 amide bonds. The van der Waals surface area contributed by atoms with Crippen LogP contribution in [0.1, 0.15) is 24.0 Å². The lowest BCUT2D eigenvalue weighted by atomic mass is 9.98. The number of nitriles is 2. The zero-order valence-electron chi connectivity index (χ0n) is 13.2. The SMILES string of the molecule is N#Cc1ccnc(OCC2CCCN(c3ncccc3C#N)C2)c1. The zero-order chi connectivity index (χ0) is 16.8. The molecular weight excluding hydrogens is 302 g/mol. The van der Waals surface area contributed by atoms with E-state index in [9.17, 15) is 5.26 Å². The lowest BCUT2D eigenvalue weighted by molar-refractivity contribution is 0.221.